The van der Waals surface area contributed by atoms with Crippen molar-refractivity contribution in [1.29, 1.82) is 0 Å². The molecule has 1 rings (SSSR count). The molecule has 0 unspecified atom stereocenters. The van der Waals surface area contributed by atoms with Crippen molar-refractivity contribution in [3.05, 3.63) is 23.8 Å². The van der Waals surface area contributed by atoms with Crippen molar-refractivity contribution in [3.63, 3.8) is 0 Å². The van der Waals surface area contributed by atoms with Crippen LogP contribution in [0.5, 0.6) is 11.5 Å². The van der Waals surface area contributed by atoms with Gasteiger partial charge in [-0.15, -0.1) is 0 Å². The minimum atomic E-state index is -0.0699. The molecule has 0 saturated carbocycles. The van der Waals surface area contributed by atoms with Crippen LogP contribution in [0, 0.1) is 0 Å². The van der Waals surface area contributed by atoms with Crippen LogP contribution in [0.2, 0.25) is 0 Å². The summed E-state index contributed by atoms with van der Waals surface area (Å²) >= 11 is 0. The maximum absolute atomic E-state index is 9.13. The molecule has 0 saturated heterocycles. The summed E-state index contributed by atoms with van der Waals surface area (Å²) in [5, 5.41) is 9.13. The van der Waals surface area contributed by atoms with E-state index < -0.39 is 0 Å². The molecule has 0 fully saturated rings. The Labute approximate surface area is 89.4 Å². The number of ether oxygens (including phenoxy) is 3. The molecule has 0 amide bonds. The third kappa shape index (κ3) is 3.42. The summed E-state index contributed by atoms with van der Waals surface area (Å²) in [6.07, 6.45) is 0. The van der Waals surface area contributed by atoms with Gasteiger partial charge in [-0.25, -0.2) is 0 Å². The van der Waals surface area contributed by atoms with Crippen molar-refractivity contribution in [1.82, 2.24) is 0 Å². The number of aliphatic hydroxyl groups is 1. The summed E-state index contributed by atoms with van der Waals surface area (Å²) in [6.45, 7) is 0.923. The fourth-order valence-electron chi connectivity index (χ4n) is 1.18. The summed E-state index contributed by atoms with van der Waals surface area (Å²) < 4.78 is 15.3. The minimum Gasteiger partial charge on any atom is -0.497 e. The topological polar surface area (TPSA) is 47.9 Å². The van der Waals surface area contributed by atoms with Crippen molar-refractivity contribution in [3.8, 4) is 11.5 Å². The first-order valence-corrected chi connectivity index (χ1v) is 4.71. The Bertz CT molecular complexity index is 299. The molecule has 0 radical (unpaired) electrons. The van der Waals surface area contributed by atoms with Gasteiger partial charge in [0.25, 0.3) is 0 Å². The van der Waals surface area contributed by atoms with Crippen LogP contribution in [-0.2, 0) is 11.3 Å². The predicted octanol–water partition coefficient (Wildman–Crippen LogP) is 1.21. The van der Waals surface area contributed by atoms with Gasteiger partial charge in [0.15, 0.2) is 0 Å². The highest BCUT2D eigenvalue weighted by Crippen LogP contribution is 2.23. The second-order valence-corrected chi connectivity index (χ2v) is 2.97. The van der Waals surface area contributed by atoms with E-state index in [1.807, 2.05) is 0 Å². The second kappa shape index (κ2) is 6.27. The zero-order valence-corrected chi connectivity index (χ0v) is 9.03. The second-order valence-electron chi connectivity index (χ2n) is 2.97. The fraction of sp³-hybridized carbons (Fsp3) is 0.455. The Hall–Kier alpha value is -1.26. The van der Waals surface area contributed by atoms with Crippen LogP contribution in [0.3, 0.4) is 0 Å². The van der Waals surface area contributed by atoms with Crippen molar-refractivity contribution in [2.45, 2.75) is 6.61 Å². The zero-order valence-electron chi connectivity index (χ0n) is 9.03. The molecule has 4 heteroatoms. The summed E-state index contributed by atoms with van der Waals surface area (Å²) in [5.41, 5.74) is 0.713. The van der Waals surface area contributed by atoms with Crippen molar-refractivity contribution in [2.75, 3.05) is 27.4 Å². The largest absolute Gasteiger partial charge is 0.497 e. The standard InChI is InChI=1S/C11H16O4/c1-13-5-6-15-11-4-3-10(14-2)7-9(11)8-12/h3-4,7,12H,5-6,8H2,1-2H3. The van der Waals surface area contributed by atoms with E-state index in [0.29, 0.717) is 30.3 Å². The number of benzene rings is 1. The molecule has 0 aromatic heterocycles. The Balaban J connectivity index is 2.69. The normalized spacial score (nSPS) is 10.1. The molecule has 0 aliphatic rings. The van der Waals surface area contributed by atoms with Crippen LogP contribution in [0.4, 0.5) is 0 Å². The molecular weight excluding hydrogens is 196 g/mol. The Kier molecular flexibility index (Phi) is 4.93. The van der Waals surface area contributed by atoms with Gasteiger partial charge in [-0.2, -0.15) is 0 Å². The van der Waals surface area contributed by atoms with E-state index in [0.717, 1.165) is 0 Å². The molecule has 15 heavy (non-hydrogen) atoms. The third-order valence-electron chi connectivity index (χ3n) is 1.98. The van der Waals surface area contributed by atoms with Crippen LogP contribution in [-0.4, -0.2) is 32.5 Å². The molecular formula is C11H16O4. The number of methoxy groups -OCH3 is 2. The monoisotopic (exact) mass is 212 g/mol. The lowest BCUT2D eigenvalue weighted by Crippen LogP contribution is -2.06. The van der Waals surface area contributed by atoms with Gasteiger partial charge in [0, 0.05) is 12.7 Å². The lowest BCUT2D eigenvalue weighted by molar-refractivity contribution is 0.144. The van der Waals surface area contributed by atoms with Crippen LogP contribution < -0.4 is 9.47 Å². The molecule has 1 aromatic rings. The van der Waals surface area contributed by atoms with Crippen molar-refractivity contribution in [2.24, 2.45) is 0 Å². The van der Waals surface area contributed by atoms with Gasteiger partial charge in [-0.1, -0.05) is 0 Å². The predicted molar refractivity (Wildman–Crippen MR) is 56.3 cm³/mol. The van der Waals surface area contributed by atoms with Gasteiger partial charge in [-0.3, -0.25) is 0 Å². The number of aliphatic hydroxyl groups excluding tert-OH is 1. The van der Waals surface area contributed by atoms with Crippen molar-refractivity contribution < 1.29 is 19.3 Å². The van der Waals surface area contributed by atoms with Crippen LogP contribution in [0.1, 0.15) is 5.56 Å². The Morgan fingerprint density at radius 3 is 2.60 bits per heavy atom. The minimum absolute atomic E-state index is 0.0699. The first-order chi connectivity index (χ1) is 7.31. The van der Waals surface area contributed by atoms with Crippen LogP contribution in [0.25, 0.3) is 0 Å². The molecule has 0 aliphatic carbocycles. The lowest BCUT2D eigenvalue weighted by Gasteiger charge is -2.10. The van der Waals surface area contributed by atoms with E-state index >= 15 is 0 Å². The van der Waals surface area contributed by atoms with Gasteiger partial charge in [0.2, 0.25) is 0 Å². The Morgan fingerprint density at radius 1 is 1.20 bits per heavy atom. The molecule has 0 bridgehead atoms. The highest BCUT2D eigenvalue weighted by atomic mass is 16.5. The summed E-state index contributed by atoms with van der Waals surface area (Å²) in [6, 6.07) is 5.32. The number of hydrogen-bond acceptors (Lipinski definition) is 4. The fourth-order valence-corrected chi connectivity index (χ4v) is 1.18. The molecule has 0 spiro atoms. The maximum atomic E-state index is 9.13. The van der Waals surface area contributed by atoms with Crippen LogP contribution >= 0.6 is 0 Å². The van der Waals surface area contributed by atoms with E-state index in [1.165, 1.54) is 0 Å². The first kappa shape index (κ1) is 11.8. The lowest BCUT2D eigenvalue weighted by atomic mass is 10.2. The van der Waals surface area contributed by atoms with Gasteiger partial charge in [-0.05, 0) is 18.2 Å². The van der Waals surface area contributed by atoms with Gasteiger partial charge in [0.1, 0.15) is 18.1 Å². The van der Waals surface area contributed by atoms with E-state index in [9.17, 15) is 0 Å². The van der Waals surface area contributed by atoms with Gasteiger partial charge < -0.3 is 19.3 Å². The van der Waals surface area contributed by atoms with E-state index in [-0.39, 0.29) is 6.61 Å². The summed E-state index contributed by atoms with van der Waals surface area (Å²) in [5.74, 6) is 1.37. The average molecular weight is 212 g/mol. The molecule has 0 heterocycles. The third-order valence-corrected chi connectivity index (χ3v) is 1.98. The summed E-state index contributed by atoms with van der Waals surface area (Å²) in [7, 11) is 3.20. The molecule has 1 aromatic carbocycles. The van der Waals surface area contributed by atoms with Crippen molar-refractivity contribution >= 4 is 0 Å². The quantitative estimate of drug-likeness (QED) is 0.720. The molecule has 84 valence electrons. The maximum Gasteiger partial charge on any atom is 0.125 e. The number of hydrogen-bond donors (Lipinski definition) is 1. The SMILES string of the molecule is COCCOc1ccc(OC)cc1CO. The molecule has 0 atom stereocenters. The smallest absolute Gasteiger partial charge is 0.125 e. The number of rotatable bonds is 6. The van der Waals surface area contributed by atoms with Gasteiger partial charge in [0.05, 0.1) is 20.3 Å². The average Bonchev–Trinajstić information content (AvgIpc) is 2.29. The highest BCUT2D eigenvalue weighted by Gasteiger charge is 2.04. The highest BCUT2D eigenvalue weighted by molar-refractivity contribution is 5.39. The van der Waals surface area contributed by atoms with E-state index in [1.54, 1.807) is 32.4 Å². The zero-order chi connectivity index (χ0) is 11.1. The Morgan fingerprint density at radius 2 is 2.00 bits per heavy atom. The van der Waals surface area contributed by atoms with Crippen LogP contribution in [0.15, 0.2) is 18.2 Å². The van der Waals surface area contributed by atoms with E-state index in [4.69, 9.17) is 19.3 Å². The van der Waals surface area contributed by atoms with Gasteiger partial charge >= 0.3 is 0 Å². The summed E-state index contributed by atoms with van der Waals surface area (Å²) in [4.78, 5) is 0. The molecule has 1 N–H and O–H groups in total. The van der Waals surface area contributed by atoms with E-state index in [2.05, 4.69) is 0 Å². The first-order valence-electron chi connectivity index (χ1n) is 4.71. The molecule has 4 nitrogen and oxygen atoms in total. The molecule has 0 aliphatic heterocycles.